The Morgan fingerprint density at radius 2 is 2.07 bits per heavy atom. The highest BCUT2D eigenvalue weighted by Gasteiger charge is 2.21. The van der Waals surface area contributed by atoms with Crippen LogP contribution >= 0.6 is 0 Å². The number of aromatic nitrogens is 2. The molecular formula is C23H36N4O. The summed E-state index contributed by atoms with van der Waals surface area (Å²) in [6, 6.07) is 8.40. The van der Waals surface area contributed by atoms with Gasteiger partial charge in [0.05, 0.1) is 13.3 Å². The molecule has 1 aromatic heterocycles. The molecule has 0 amide bonds. The maximum atomic E-state index is 5.50. The van der Waals surface area contributed by atoms with Gasteiger partial charge in [0, 0.05) is 44.0 Å². The Morgan fingerprint density at radius 3 is 2.82 bits per heavy atom. The molecule has 1 saturated heterocycles. The van der Waals surface area contributed by atoms with Crippen LogP contribution in [0.25, 0.3) is 0 Å². The van der Waals surface area contributed by atoms with Gasteiger partial charge in [-0.2, -0.15) is 5.10 Å². The van der Waals surface area contributed by atoms with E-state index in [1.807, 2.05) is 12.3 Å². The molecule has 3 rings (SSSR count). The van der Waals surface area contributed by atoms with Crippen molar-refractivity contribution in [2.24, 2.45) is 5.92 Å². The highest BCUT2D eigenvalue weighted by Crippen LogP contribution is 2.21. The predicted octanol–water partition coefficient (Wildman–Crippen LogP) is 3.61. The van der Waals surface area contributed by atoms with Crippen molar-refractivity contribution in [1.29, 1.82) is 0 Å². The Hall–Kier alpha value is -1.85. The van der Waals surface area contributed by atoms with E-state index in [1.54, 1.807) is 7.11 Å². The van der Waals surface area contributed by atoms with Gasteiger partial charge in [-0.1, -0.05) is 18.2 Å². The molecule has 0 saturated carbocycles. The number of rotatable bonds is 9. The van der Waals surface area contributed by atoms with E-state index in [-0.39, 0.29) is 0 Å². The summed E-state index contributed by atoms with van der Waals surface area (Å²) in [5.74, 6) is 1.76. The molecule has 2 aromatic rings. The Kier molecular flexibility index (Phi) is 7.51. The minimum atomic E-state index is 0.748. The van der Waals surface area contributed by atoms with Gasteiger partial charge in [0.25, 0.3) is 0 Å². The van der Waals surface area contributed by atoms with Crippen LogP contribution in [-0.2, 0) is 19.5 Å². The van der Waals surface area contributed by atoms with Gasteiger partial charge in [-0.05, 0) is 64.3 Å². The van der Waals surface area contributed by atoms with Crippen molar-refractivity contribution in [2.75, 3.05) is 40.3 Å². The van der Waals surface area contributed by atoms with Gasteiger partial charge in [0.2, 0.25) is 0 Å². The summed E-state index contributed by atoms with van der Waals surface area (Å²) < 4.78 is 7.59. The number of aryl methyl sites for hydroxylation is 1. The number of nitrogens with zero attached hydrogens (tertiary/aromatic N) is 4. The van der Waals surface area contributed by atoms with E-state index in [0.29, 0.717) is 0 Å². The summed E-state index contributed by atoms with van der Waals surface area (Å²) in [6.45, 7) is 11.0. The van der Waals surface area contributed by atoms with E-state index in [0.717, 1.165) is 44.3 Å². The van der Waals surface area contributed by atoms with Crippen LogP contribution in [0, 0.1) is 12.8 Å². The lowest BCUT2D eigenvalue weighted by molar-refractivity contribution is 0.142. The molecule has 154 valence electrons. The topological polar surface area (TPSA) is 33.5 Å². The van der Waals surface area contributed by atoms with Crippen LogP contribution in [0.4, 0.5) is 0 Å². The van der Waals surface area contributed by atoms with Gasteiger partial charge in [-0.25, -0.2) is 0 Å². The molecule has 1 fully saturated rings. The van der Waals surface area contributed by atoms with Crippen molar-refractivity contribution < 1.29 is 4.74 Å². The number of likely N-dealkylation sites (tertiary alicyclic amines) is 1. The molecule has 1 aromatic carbocycles. The van der Waals surface area contributed by atoms with Crippen LogP contribution < -0.4 is 4.74 Å². The lowest BCUT2D eigenvalue weighted by Gasteiger charge is -2.34. The quantitative estimate of drug-likeness (QED) is 0.661. The largest absolute Gasteiger partial charge is 0.496 e. The van der Waals surface area contributed by atoms with E-state index in [9.17, 15) is 0 Å². The fourth-order valence-corrected chi connectivity index (χ4v) is 4.45. The predicted molar refractivity (Wildman–Crippen MR) is 115 cm³/mol. The standard InChI is InChI=1S/C23H36N4O/c1-5-27-19(2)22(15-24-27)18-25(3)16-20-9-8-13-26(17-20)14-12-21-10-6-7-11-23(21)28-4/h6-7,10-11,15,20H,5,8-9,12-14,16-18H2,1-4H3. The number of para-hydroxylation sites is 1. The van der Waals surface area contributed by atoms with Crippen molar-refractivity contribution in [2.45, 2.75) is 46.2 Å². The maximum absolute atomic E-state index is 5.50. The first-order valence-corrected chi connectivity index (χ1v) is 10.6. The first-order valence-electron chi connectivity index (χ1n) is 10.6. The van der Waals surface area contributed by atoms with Crippen molar-refractivity contribution >= 4 is 0 Å². The van der Waals surface area contributed by atoms with E-state index in [1.165, 1.54) is 42.8 Å². The Morgan fingerprint density at radius 1 is 1.25 bits per heavy atom. The highest BCUT2D eigenvalue weighted by molar-refractivity contribution is 5.33. The normalized spacial score (nSPS) is 18.0. The second-order valence-corrected chi connectivity index (χ2v) is 8.14. The van der Waals surface area contributed by atoms with E-state index >= 15 is 0 Å². The van der Waals surface area contributed by atoms with Crippen molar-refractivity contribution in [3.8, 4) is 5.75 Å². The van der Waals surface area contributed by atoms with Gasteiger partial charge in [-0.3, -0.25) is 4.68 Å². The van der Waals surface area contributed by atoms with Crippen LogP contribution in [-0.4, -0.2) is 59.9 Å². The molecular weight excluding hydrogens is 348 g/mol. The van der Waals surface area contributed by atoms with Crippen molar-refractivity contribution in [1.82, 2.24) is 19.6 Å². The monoisotopic (exact) mass is 384 g/mol. The summed E-state index contributed by atoms with van der Waals surface area (Å²) >= 11 is 0. The molecule has 0 spiro atoms. The Balaban J connectivity index is 1.48. The van der Waals surface area contributed by atoms with Crippen molar-refractivity contribution in [3.05, 3.63) is 47.3 Å². The van der Waals surface area contributed by atoms with Gasteiger partial charge < -0.3 is 14.5 Å². The molecule has 1 aliphatic heterocycles. The zero-order valence-corrected chi connectivity index (χ0v) is 18.0. The molecule has 0 radical (unpaired) electrons. The van der Waals surface area contributed by atoms with Gasteiger partial charge in [0.1, 0.15) is 5.75 Å². The highest BCUT2D eigenvalue weighted by atomic mass is 16.5. The first kappa shape index (κ1) is 20.9. The van der Waals surface area contributed by atoms with Crippen molar-refractivity contribution in [3.63, 3.8) is 0 Å². The molecule has 5 heteroatoms. The summed E-state index contributed by atoms with van der Waals surface area (Å²) in [4.78, 5) is 5.10. The molecule has 0 bridgehead atoms. The van der Waals surface area contributed by atoms with E-state index in [4.69, 9.17) is 4.74 Å². The Labute approximate surface area is 170 Å². The van der Waals surface area contributed by atoms with Crippen LogP contribution in [0.15, 0.2) is 30.5 Å². The maximum Gasteiger partial charge on any atom is 0.122 e. The second-order valence-electron chi connectivity index (χ2n) is 8.14. The summed E-state index contributed by atoms with van der Waals surface area (Å²) in [5.41, 5.74) is 3.97. The first-order chi connectivity index (χ1) is 13.6. The molecule has 2 heterocycles. The SMILES string of the molecule is CCn1ncc(CN(C)CC2CCCN(CCc3ccccc3OC)C2)c1C. The van der Waals surface area contributed by atoms with E-state index < -0.39 is 0 Å². The second kappa shape index (κ2) is 10.1. The number of benzene rings is 1. The third kappa shape index (κ3) is 5.36. The fourth-order valence-electron chi connectivity index (χ4n) is 4.45. The minimum absolute atomic E-state index is 0.748. The molecule has 28 heavy (non-hydrogen) atoms. The fraction of sp³-hybridized carbons (Fsp3) is 0.609. The third-order valence-corrected chi connectivity index (χ3v) is 6.01. The zero-order valence-electron chi connectivity index (χ0n) is 18.0. The average molecular weight is 385 g/mol. The van der Waals surface area contributed by atoms with Crippen LogP contribution in [0.5, 0.6) is 5.75 Å². The van der Waals surface area contributed by atoms with Crippen LogP contribution in [0.1, 0.15) is 36.6 Å². The molecule has 1 unspecified atom stereocenters. The average Bonchev–Trinajstić information content (AvgIpc) is 3.06. The number of piperidine rings is 1. The third-order valence-electron chi connectivity index (χ3n) is 6.01. The zero-order chi connectivity index (χ0) is 19.9. The molecule has 1 atom stereocenters. The summed E-state index contributed by atoms with van der Waals surface area (Å²) in [6.07, 6.45) is 5.73. The molecule has 0 aliphatic carbocycles. The van der Waals surface area contributed by atoms with Crippen LogP contribution in [0.2, 0.25) is 0 Å². The van der Waals surface area contributed by atoms with Gasteiger partial charge in [-0.15, -0.1) is 0 Å². The number of hydrogen-bond acceptors (Lipinski definition) is 4. The lowest BCUT2D eigenvalue weighted by atomic mass is 9.97. The lowest BCUT2D eigenvalue weighted by Crippen LogP contribution is -2.40. The van der Waals surface area contributed by atoms with Gasteiger partial charge >= 0.3 is 0 Å². The molecule has 0 N–H and O–H groups in total. The summed E-state index contributed by atoms with van der Waals surface area (Å²) in [7, 11) is 4.01. The molecule has 1 aliphatic rings. The Bertz CT molecular complexity index is 742. The minimum Gasteiger partial charge on any atom is -0.496 e. The van der Waals surface area contributed by atoms with E-state index in [2.05, 4.69) is 58.7 Å². The van der Waals surface area contributed by atoms with Gasteiger partial charge in [0.15, 0.2) is 0 Å². The molecule has 5 nitrogen and oxygen atoms in total. The number of methoxy groups -OCH3 is 1. The number of hydrogen-bond donors (Lipinski definition) is 0. The van der Waals surface area contributed by atoms with Crippen LogP contribution in [0.3, 0.4) is 0 Å². The smallest absolute Gasteiger partial charge is 0.122 e. The number of ether oxygens (including phenoxy) is 1. The summed E-state index contributed by atoms with van der Waals surface area (Å²) in [5, 5.41) is 4.48.